The molecule has 2 nitrogen and oxygen atoms in total. The lowest BCUT2D eigenvalue weighted by atomic mass is 10.0. The quantitative estimate of drug-likeness (QED) is 0.822. The maximum Gasteiger partial charge on any atom is 0.0424 e. The smallest absolute Gasteiger partial charge is 0.0424 e. The van der Waals surface area contributed by atoms with E-state index in [1.807, 2.05) is 0 Å². The average Bonchev–Trinajstić information content (AvgIpc) is 3.09. The topological polar surface area (TPSA) is 29.3 Å². The fourth-order valence-corrected chi connectivity index (χ4v) is 2.23. The zero-order valence-electron chi connectivity index (χ0n) is 10.3. The lowest BCUT2D eigenvalue weighted by Gasteiger charge is -2.24. The summed E-state index contributed by atoms with van der Waals surface area (Å²) in [5.41, 5.74) is 8.82. The number of aryl methyl sites for hydroxylation is 1. The average molecular weight is 218 g/mol. The molecule has 0 radical (unpaired) electrons. The van der Waals surface area contributed by atoms with Crippen molar-refractivity contribution in [2.45, 2.75) is 38.8 Å². The molecule has 1 atom stereocenters. The van der Waals surface area contributed by atoms with Gasteiger partial charge in [-0.3, -0.25) is 4.90 Å². The third-order valence-corrected chi connectivity index (χ3v) is 3.37. The Hall–Kier alpha value is -0.860. The SMILES string of the molecule is CCN(CC(N)c1cccc(C)c1)C1CC1. The zero-order valence-corrected chi connectivity index (χ0v) is 10.3. The first-order valence-corrected chi connectivity index (χ1v) is 6.27. The number of nitrogens with zero attached hydrogens (tertiary/aromatic N) is 1. The van der Waals surface area contributed by atoms with Crippen LogP contribution >= 0.6 is 0 Å². The summed E-state index contributed by atoms with van der Waals surface area (Å²) in [7, 11) is 0. The van der Waals surface area contributed by atoms with Crippen molar-refractivity contribution in [2.24, 2.45) is 5.73 Å². The summed E-state index contributed by atoms with van der Waals surface area (Å²) in [6.45, 7) is 6.45. The van der Waals surface area contributed by atoms with E-state index in [9.17, 15) is 0 Å². The van der Waals surface area contributed by atoms with E-state index in [0.29, 0.717) is 0 Å². The molecule has 1 saturated carbocycles. The van der Waals surface area contributed by atoms with E-state index in [2.05, 4.69) is 43.0 Å². The van der Waals surface area contributed by atoms with Gasteiger partial charge in [-0.2, -0.15) is 0 Å². The van der Waals surface area contributed by atoms with Crippen LogP contribution in [-0.4, -0.2) is 24.0 Å². The number of benzene rings is 1. The van der Waals surface area contributed by atoms with Gasteiger partial charge in [-0.15, -0.1) is 0 Å². The molecule has 2 rings (SSSR count). The Morgan fingerprint density at radius 2 is 2.19 bits per heavy atom. The molecule has 0 saturated heterocycles. The molecule has 88 valence electrons. The van der Waals surface area contributed by atoms with Crippen molar-refractivity contribution in [1.29, 1.82) is 0 Å². The molecule has 0 bridgehead atoms. The minimum atomic E-state index is 0.153. The summed E-state index contributed by atoms with van der Waals surface area (Å²) >= 11 is 0. The largest absolute Gasteiger partial charge is 0.323 e. The van der Waals surface area contributed by atoms with Crippen molar-refractivity contribution < 1.29 is 0 Å². The Labute approximate surface area is 98.4 Å². The van der Waals surface area contributed by atoms with Crippen LogP contribution in [-0.2, 0) is 0 Å². The van der Waals surface area contributed by atoms with E-state index in [0.717, 1.165) is 19.1 Å². The highest BCUT2D eigenvalue weighted by molar-refractivity contribution is 5.25. The van der Waals surface area contributed by atoms with E-state index < -0.39 is 0 Å². The van der Waals surface area contributed by atoms with E-state index in [1.54, 1.807) is 0 Å². The van der Waals surface area contributed by atoms with Crippen LogP contribution in [0.3, 0.4) is 0 Å². The summed E-state index contributed by atoms with van der Waals surface area (Å²) in [6, 6.07) is 9.51. The standard InChI is InChI=1S/C14H22N2/c1-3-16(13-7-8-13)10-14(15)12-6-4-5-11(2)9-12/h4-6,9,13-14H,3,7-8,10,15H2,1-2H3. The molecule has 0 spiro atoms. The summed E-state index contributed by atoms with van der Waals surface area (Å²) in [6.07, 6.45) is 2.71. The molecule has 1 fully saturated rings. The molecule has 0 amide bonds. The van der Waals surface area contributed by atoms with Gasteiger partial charge in [-0.25, -0.2) is 0 Å². The van der Waals surface area contributed by atoms with Gasteiger partial charge >= 0.3 is 0 Å². The number of rotatable bonds is 5. The Bertz CT molecular complexity index is 344. The normalized spacial score (nSPS) is 17.8. The van der Waals surface area contributed by atoms with Crippen LogP contribution in [0.15, 0.2) is 24.3 Å². The molecule has 2 heteroatoms. The second-order valence-corrected chi connectivity index (χ2v) is 4.84. The Balaban J connectivity index is 1.98. The summed E-state index contributed by atoms with van der Waals surface area (Å²) < 4.78 is 0. The van der Waals surface area contributed by atoms with Crippen LogP contribution < -0.4 is 5.73 Å². The highest BCUT2D eigenvalue weighted by atomic mass is 15.2. The third kappa shape index (κ3) is 2.83. The summed E-state index contributed by atoms with van der Waals surface area (Å²) in [5.74, 6) is 0. The van der Waals surface area contributed by atoms with Crippen molar-refractivity contribution in [3.05, 3.63) is 35.4 Å². The predicted octanol–water partition coefficient (Wildman–Crippen LogP) is 2.48. The van der Waals surface area contributed by atoms with Crippen LogP contribution in [0.2, 0.25) is 0 Å². The summed E-state index contributed by atoms with van der Waals surface area (Å²) in [4.78, 5) is 2.51. The van der Waals surface area contributed by atoms with Crippen LogP contribution in [0.4, 0.5) is 0 Å². The van der Waals surface area contributed by atoms with Gasteiger partial charge in [0, 0.05) is 18.6 Å². The first kappa shape index (κ1) is 11.6. The minimum absolute atomic E-state index is 0.153. The number of likely N-dealkylation sites (N-methyl/N-ethyl adjacent to an activating group) is 1. The molecule has 0 heterocycles. The van der Waals surface area contributed by atoms with Gasteiger partial charge in [-0.05, 0) is 31.9 Å². The van der Waals surface area contributed by atoms with Crippen LogP contribution in [0.1, 0.15) is 36.9 Å². The van der Waals surface area contributed by atoms with Gasteiger partial charge in [0.25, 0.3) is 0 Å². The van der Waals surface area contributed by atoms with Gasteiger partial charge in [-0.1, -0.05) is 36.8 Å². The molecule has 1 aliphatic rings. The second kappa shape index (κ2) is 4.98. The number of hydrogen-bond donors (Lipinski definition) is 1. The van der Waals surface area contributed by atoms with Gasteiger partial charge in [0.1, 0.15) is 0 Å². The maximum absolute atomic E-state index is 6.26. The number of nitrogens with two attached hydrogens (primary N) is 1. The van der Waals surface area contributed by atoms with Crippen molar-refractivity contribution >= 4 is 0 Å². The van der Waals surface area contributed by atoms with E-state index in [-0.39, 0.29) is 6.04 Å². The lowest BCUT2D eigenvalue weighted by molar-refractivity contribution is 0.260. The maximum atomic E-state index is 6.26. The Morgan fingerprint density at radius 1 is 1.44 bits per heavy atom. The molecule has 1 aromatic rings. The molecule has 0 aliphatic heterocycles. The molecule has 0 aromatic heterocycles. The van der Waals surface area contributed by atoms with Gasteiger partial charge < -0.3 is 5.73 Å². The first-order valence-electron chi connectivity index (χ1n) is 6.27. The fourth-order valence-electron chi connectivity index (χ4n) is 2.23. The van der Waals surface area contributed by atoms with Crippen LogP contribution in [0.25, 0.3) is 0 Å². The first-order chi connectivity index (χ1) is 7.70. The van der Waals surface area contributed by atoms with Crippen LogP contribution in [0, 0.1) is 6.92 Å². The van der Waals surface area contributed by atoms with Crippen molar-refractivity contribution in [3.63, 3.8) is 0 Å². The van der Waals surface area contributed by atoms with E-state index in [1.165, 1.54) is 24.0 Å². The summed E-state index contributed by atoms with van der Waals surface area (Å²) in [5, 5.41) is 0. The molecule has 1 aromatic carbocycles. The molecule has 16 heavy (non-hydrogen) atoms. The molecular weight excluding hydrogens is 196 g/mol. The van der Waals surface area contributed by atoms with Gasteiger partial charge in [0.2, 0.25) is 0 Å². The minimum Gasteiger partial charge on any atom is -0.323 e. The predicted molar refractivity (Wildman–Crippen MR) is 68.4 cm³/mol. The molecule has 2 N–H and O–H groups in total. The van der Waals surface area contributed by atoms with Gasteiger partial charge in [0.15, 0.2) is 0 Å². The van der Waals surface area contributed by atoms with Crippen LogP contribution in [0.5, 0.6) is 0 Å². The zero-order chi connectivity index (χ0) is 11.5. The second-order valence-electron chi connectivity index (χ2n) is 4.84. The van der Waals surface area contributed by atoms with Gasteiger partial charge in [0.05, 0.1) is 0 Å². The number of hydrogen-bond acceptors (Lipinski definition) is 2. The molecular formula is C14H22N2. The van der Waals surface area contributed by atoms with E-state index in [4.69, 9.17) is 5.73 Å². The molecule has 1 aliphatic carbocycles. The lowest BCUT2D eigenvalue weighted by Crippen LogP contribution is -2.33. The monoisotopic (exact) mass is 218 g/mol. The van der Waals surface area contributed by atoms with Crippen molar-refractivity contribution in [2.75, 3.05) is 13.1 Å². The van der Waals surface area contributed by atoms with Crippen molar-refractivity contribution in [1.82, 2.24) is 4.90 Å². The Kier molecular flexibility index (Phi) is 3.62. The Morgan fingerprint density at radius 3 is 2.75 bits per heavy atom. The van der Waals surface area contributed by atoms with E-state index >= 15 is 0 Å². The van der Waals surface area contributed by atoms with Crippen molar-refractivity contribution in [3.8, 4) is 0 Å². The fraction of sp³-hybridized carbons (Fsp3) is 0.571. The third-order valence-electron chi connectivity index (χ3n) is 3.37. The molecule has 1 unspecified atom stereocenters. The highest BCUT2D eigenvalue weighted by Crippen LogP contribution is 2.28. The highest BCUT2D eigenvalue weighted by Gasteiger charge is 2.28.